The first-order valence-corrected chi connectivity index (χ1v) is 6.32. The predicted molar refractivity (Wildman–Crippen MR) is 74.4 cm³/mol. The zero-order chi connectivity index (χ0) is 16.2. The Hall–Kier alpha value is -1.31. The van der Waals surface area contributed by atoms with Crippen molar-refractivity contribution in [1.82, 2.24) is 5.43 Å². The number of hydrogen-bond donors (Lipinski definition) is 2. The molecule has 0 aromatic heterocycles. The highest BCUT2D eigenvalue weighted by Gasteiger charge is 2.39. The average Bonchev–Trinajstić information content (AvgIpc) is 2.34. The van der Waals surface area contributed by atoms with Crippen LogP contribution in [-0.4, -0.2) is 19.3 Å². The lowest BCUT2D eigenvalue weighted by Gasteiger charge is -2.13. The number of alkyl halides is 3. The fraction of sp³-hybridized carbons (Fsp3) is 0.182. The highest BCUT2D eigenvalue weighted by molar-refractivity contribution is 6.41. The van der Waals surface area contributed by atoms with Crippen LogP contribution in [0.5, 0.6) is 0 Å². The van der Waals surface area contributed by atoms with Gasteiger partial charge in [0.05, 0.1) is 22.8 Å². The lowest BCUT2D eigenvalue weighted by molar-refractivity contribution is -0.148. The maximum Gasteiger partial charge on any atom is 0.424 e. The summed E-state index contributed by atoms with van der Waals surface area (Å²) in [6.07, 6.45) is -4.48. The normalized spacial score (nSPS) is 12.0. The van der Waals surface area contributed by atoms with Gasteiger partial charge in [0.2, 0.25) is 0 Å². The van der Waals surface area contributed by atoms with Gasteiger partial charge in [-0.15, -0.1) is 0 Å². The summed E-state index contributed by atoms with van der Waals surface area (Å²) in [7, 11) is 0.836. The Labute approximate surface area is 132 Å². The maximum atomic E-state index is 12.6. The third kappa shape index (κ3) is 4.87. The molecule has 4 nitrogen and oxygen atoms in total. The van der Waals surface area contributed by atoms with Crippen LogP contribution in [0.15, 0.2) is 23.9 Å². The van der Waals surface area contributed by atoms with E-state index in [1.807, 2.05) is 0 Å². The monoisotopic (exact) mass is 362 g/mol. The van der Waals surface area contributed by atoms with Gasteiger partial charge in [0.1, 0.15) is 0 Å². The van der Waals surface area contributed by atoms with E-state index in [0.29, 0.717) is 6.20 Å². The number of carbonyl (C=O) groups is 1. The molecule has 0 atom stereocenters. The van der Waals surface area contributed by atoms with Crippen molar-refractivity contribution in [3.63, 3.8) is 0 Å². The number of rotatable bonds is 4. The lowest BCUT2D eigenvalue weighted by atomic mass is 10.3. The van der Waals surface area contributed by atoms with Gasteiger partial charge < -0.3 is 10.2 Å². The first-order chi connectivity index (χ1) is 9.66. The first-order valence-electron chi connectivity index (χ1n) is 5.18. The van der Waals surface area contributed by atoms with Gasteiger partial charge in [0, 0.05) is 11.2 Å². The van der Waals surface area contributed by atoms with Gasteiger partial charge in [0.25, 0.3) is 0 Å². The van der Waals surface area contributed by atoms with Crippen molar-refractivity contribution in [2.45, 2.75) is 6.18 Å². The zero-order valence-electron chi connectivity index (χ0n) is 10.3. The summed E-state index contributed by atoms with van der Waals surface area (Å²) in [6.45, 7) is 0. The van der Waals surface area contributed by atoms with E-state index in [4.69, 9.17) is 34.8 Å². The molecule has 0 spiro atoms. The van der Waals surface area contributed by atoms with E-state index < -0.39 is 17.7 Å². The summed E-state index contributed by atoms with van der Waals surface area (Å²) in [6, 6.07) is 2.68. The van der Waals surface area contributed by atoms with Crippen LogP contribution < -0.4 is 10.9 Å². The van der Waals surface area contributed by atoms with Crippen molar-refractivity contribution in [1.29, 1.82) is 0 Å². The van der Waals surface area contributed by atoms with Crippen LogP contribution >= 0.6 is 34.8 Å². The van der Waals surface area contributed by atoms with E-state index in [0.717, 1.165) is 7.11 Å². The first kappa shape index (κ1) is 17.7. The average molecular weight is 364 g/mol. The number of carbonyl (C=O) groups excluding carboxylic acids is 1. The minimum atomic E-state index is -4.88. The van der Waals surface area contributed by atoms with Gasteiger partial charge in [-0.1, -0.05) is 34.8 Å². The molecule has 21 heavy (non-hydrogen) atoms. The predicted octanol–water partition coefficient (Wildman–Crippen LogP) is 4.18. The number of halogens is 6. The van der Waals surface area contributed by atoms with Crippen molar-refractivity contribution < 1.29 is 22.7 Å². The SMILES string of the molecule is COC(=O)/C(=C\NNc1c(Cl)cc(Cl)cc1Cl)C(F)(F)F. The minimum Gasteiger partial charge on any atom is -0.465 e. The van der Waals surface area contributed by atoms with Crippen LogP contribution in [0.3, 0.4) is 0 Å². The third-order valence-corrected chi connectivity index (χ3v) is 2.95. The molecule has 0 aliphatic heterocycles. The molecule has 0 bridgehead atoms. The Morgan fingerprint density at radius 3 is 2.19 bits per heavy atom. The molecule has 2 N–H and O–H groups in total. The lowest BCUT2D eigenvalue weighted by Crippen LogP contribution is -2.26. The Morgan fingerprint density at radius 2 is 1.76 bits per heavy atom. The fourth-order valence-corrected chi connectivity index (χ4v) is 2.12. The summed E-state index contributed by atoms with van der Waals surface area (Å²) in [5.41, 5.74) is 2.99. The molecule has 0 fully saturated rings. The van der Waals surface area contributed by atoms with E-state index in [9.17, 15) is 18.0 Å². The summed E-state index contributed by atoms with van der Waals surface area (Å²) < 4.78 is 41.8. The number of esters is 1. The topological polar surface area (TPSA) is 50.4 Å². The summed E-state index contributed by atoms with van der Waals surface area (Å²) in [4.78, 5) is 11.0. The molecule has 1 aromatic rings. The second kappa shape index (κ2) is 7.11. The molecular formula is C11H8Cl3F3N2O2. The fourth-order valence-electron chi connectivity index (χ4n) is 1.21. The van der Waals surface area contributed by atoms with Gasteiger partial charge in [-0.2, -0.15) is 13.2 Å². The molecule has 10 heteroatoms. The molecule has 0 radical (unpaired) electrons. The number of nitrogens with one attached hydrogen (secondary N) is 2. The third-order valence-electron chi connectivity index (χ3n) is 2.13. The highest BCUT2D eigenvalue weighted by atomic mass is 35.5. The van der Waals surface area contributed by atoms with E-state index in [1.165, 1.54) is 12.1 Å². The van der Waals surface area contributed by atoms with Gasteiger partial charge in [-0.3, -0.25) is 5.43 Å². The summed E-state index contributed by atoms with van der Waals surface area (Å²) >= 11 is 17.3. The Morgan fingerprint density at radius 1 is 1.24 bits per heavy atom. The zero-order valence-corrected chi connectivity index (χ0v) is 12.6. The largest absolute Gasteiger partial charge is 0.465 e. The highest BCUT2D eigenvalue weighted by Crippen LogP contribution is 2.33. The molecule has 1 aromatic carbocycles. The Bertz CT molecular complexity index is 553. The minimum absolute atomic E-state index is 0.0834. The molecular weight excluding hydrogens is 355 g/mol. The molecule has 0 aliphatic carbocycles. The second-order valence-electron chi connectivity index (χ2n) is 3.56. The van der Waals surface area contributed by atoms with Gasteiger partial charge in [-0.05, 0) is 12.1 Å². The maximum absolute atomic E-state index is 12.6. The number of ether oxygens (including phenoxy) is 1. The number of methoxy groups -OCH3 is 1. The molecule has 0 saturated heterocycles. The molecule has 0 aliphatic rings. The number of benzene rings is 1. The van der Waals surface area contributed by atoms with E-state index in [2.05, 4.69) is 15.6 Å². The number of hydrazine groups is 1. The van der Waals surface area contributed by atoms with Crippen molar-refractivity contribution in [2.75, 3.05) is 12.5 Å². The molecule has 0 heterocycles. The number of anilines is 1. The Kier molecular flexibility index (Phi) is 6.00. The van der Waals surface area contributed by atoms with Crippen LogP contribution in [-0.2, 0) is 9.53 Å². The quantitative estimate of drug-likeness (QED) is 0.479. The second-order valence-corrected chi connectivity index (χ2v) is 4.81. The van der Waals surface area contributed by atoms with Crippen LogP contribution in [0.25, 0.3) is 0 Å². The van der Waals surface area contributed by atoms with E-state index in [1.54, 1.807) is 0 Å². The standard InChI is InChI=1S/C11H8Cl3F3N2O2/c1-21-10(20)6(11(15,16)17)4-18-19-9-7(13)2-5(12)3-8(9)14/h2-4,18-19H,1H3/b6-4+. The van der Waals surface area contributed by atoms with Crippen molar-refractivity contribution in [2.24, 2.45) is 0 Å². The van der Waals surface area contributed by atoms with Crippen molar-refractivity contribution in [3.8, 4) is 0 Å². The van der Waals surface area contributed by atoms with Crippen LogP contribution in [0.2, 0.25) is 15.1 Å². The van der Waals surface area contributed by atoms with Gasteiger partial charge in [0.15, 0.2) is 5.57 Å². The number of hydrogen-bond acceptors (Lipinski definition) is 4. The molecule has 0 amide bonds. The van der Waals surface area contributed by atoms with Crippen LogP contribution in [0, 0.1) is 0 Å². The van der Waals surface area contributed by atoms with Crippen LogP contribution in [0.4, 0.5) is 18.9 Å². The Balaban J connectivity index is 2.92. The molecule has 0 saturated carbocycles. The molecule has 0 unspecified atom stereocenters. The van der Waals surface area contributed by atoms with E-state index in [-0.39, 0.29) is 20.8 Å². The summed E-state index contributed by atoms with van der Waals surface area (Å²) in [5.74, 6) is -1.54. The molecule has 116 valence electrons. The van der Waals surface area contributed by atoms with Crippen LogP contribution in [0.1, 0.15) is 0 Å². The van der Waals surface area contributed by atoms with Crippen molar-refractivity contribution >= 4 is 46.5 Å². The van der Waals surface area contributed by atoms with E-state index >= 15 is 0 Å². The van der Waals surface area contributed by atoms with Gasteiger partial charge in [-0.25, -0.2) is 4.79 Å². The summed E-state index contributed by atoms with van der Waals surface area (Å²) in [5, 5.41) is 0.427. The smallest absolute Gasteiger partial charge is 0.424 e. The molecule has 1 rings (SSSR count). The van der Waals surface area contributed by atoms with Gasteiger partial charge >= 0.3 is 12.1 Å². The van der Waals surface area contributed by atoms with Crippen molar-refractivity contribution in [3.05, 3.63) is 39.0 Å².